The van der Waals surface area contributed by atoms with Crippen LogP contribution in [0.2, 0.25) is 0 Å². The van der Waals surface area contributed by atoms with E-state index in [1.807, 2.05) is 18.2 Å². The fourth-order valence-electron chi connectivity index (χ4n) is 4.42. The van der Waals surface area contributed by atoms with E-state index in [9.17, 15) is 9.59 Å². The topological polar surface area (TPSA) is 74.8 Å². The van der Waals surface area contributed by atoms with Crippen LogP contribution in [0.1, 0.15) is 63.1 Å². The Bertz CT molecular complexity index is 894. The van der Waals surface area contributed by atoms with Gasteiger partial charge in [-0.05, 0) is 37.8 Å². The van der Waals surface area contributed by atoms with Crippen molar-refractivity contribution in [3.8, 4) is 0 Å². The Morgan fingerprint density at radius 1 is 1.04 bits per heavy atom. The molecule has 1 amide bonds. The van der Waals surface area contributed by atoms with Gasteiger partial charge in [0, 0.05) is 12.0 Å². The number of aromatic amines is 1. The summed E-state index contributed by atoms with van der Waals surface area (Å²) in [7, 11) is 0. The van der Waals surface area contributed by atoms with E-state index in [4.69, 9.17) is 0 Å². The van der Waals surface area contributed by atoms with Crippen LogP contribution in [-0.4, -0.2) is 21.9 Å². The molecule has 1 heterocycles. The van der Waals surface area contributed by atoms with E-state index in [-0.39, 0.29) is 29.3 Å². The first kappa shape index (κ1) is 18.0. The zero-order chi connectivity index (χ0) is 18.6. The van der Waals surface area contributed by atoms with E-state index in [0.29, 0.717) is 23.1 Å². The minimum atomic E-state index is -0.178. The number of hydrogen-bond donors (Lipinski definition) is 2. The summed E-state index contributed by atoms with van der Waals surface area (Å²) in [6.45, 7) is 0. The van der Waals surface area contributed by atoms with Gasteiger partial charge in [-0.25, -0.2) is 4.98 Å². The summed E-state index contributed by atoms with van der Waals surface area (Å²) in [5, 5.41) is 3.88. The number of hydrogen-bond acceptors (Lipinski definition) is 3. The molecular formula is C22H27N3O2. The summed E-state index contributed by atoms with van der Waals surface area (Å²) < 4.78 is 0. The fourth-order valence-corrected chi connectivity index (χ4v) is 4.42. The van der Waals surface area contributed by atoms with Gasteiger partial charge in [0.15, 0.2) is 0 Å². The third-order valence-electron chi connectivity index (χ3n) is 5.95. The van der Waals surface area contributed by atoms with Gasteiger partial charge in [0.05, 0.1) is 16.8 Å². The smallest absolute Gasteiger partial charge is 0.258 e. The van der Waals surface area contributed by atoms with Gasteiger partial charge in [-0.1, -0.05) is 50.0 Å². The summed E-state index contributed by atoms with van der Waals surface area (Å²) in [5.74, 6) is 0.469. The second kappa shape index (κ2) is 8.07. The average Bonchev–Trinajstić information content (AvgIpc) is 2.96. The lowest BCUT2D eigenvalue weighted by Gasteiger charge is -2.29. The molecule has 1 saturated carbocycles. The van der Waals surface area contributed by atoms with E-state index < -0.39 is 0 Å². The van der Waals surface area contributed by atoms with Crippen LogP contribution < -0.4 is 10.9 Å². The molecule has 0 bridgehead atoms. The average molecular weight is 365 g/mol. The second-order valence-electron chi connectivity index (χ2n) is 7.82. The number of carbonyl (C=O) groups excluding carboxylic acids is 1. The normalized spacial score (nSPS) is 23.9. The fraction of sp³-hybridized carbons (Fsp3) is 0.500. The predicted molar refractivity (Wildman–Crippen MR) is 107 cm³/mol. The number of H-pyrrole nitrogens is 1. The van der Waals surface area contributed by atoms with Crippen molar-refractivity contribution in [1.29, 1.82) is 0 Å². The monoisotopic (exact) mass is 365 g/mol. The van der Waals surface area contributed by atoms with Crippen molar-refractivity contribution in [2.45, 2.75) is 63.3 Å². The highest BCUT2D eigenvalue weighted by atomic mass is 16.2. The maximum absolute atomic E-state index is 13.0. The number of nitrogens with one attached hydrogen (secondary N) is 2. The zero-order valence-corrected chi connectivity index (χ0v) is 15.6. The summed E-state index contributed by atoms with van der Waals surface area (Å²) in [5.41, 5.74) is 0.557. The summed E-state index contributed by atoms with van der Waals surface area (Å²) in [6, 6.07) is 7.64. The highest BCUT2D eigenvalue weighted by Gasteiger charge is 2.33. The minimum absolute atomic E-state index is 0.0851. The van der Waals surface area contributed by atoms with Gasteiger partial charge < -0.3 is 10.3 Å². The van der Waals surface area contributed by atoms with E-state index in [2.05, 4.69) is 27.4 Å². The molecule has 4 rings (SSSR count). The van der Waals surface area contributed by atoms with Gasteiger partial charge >= 0.3 is 0 Å². The molecule has 5 nitrogen and oxygen atoms in total. The molecule has 0 radical (unpaired) electrons. The van der Waals surface area contributed by atoms with Gasteiger partial charge in [0.2, 0.25) is 5.91 Å². The second-order valence-corrected chi connectivity index (χ2v) is 7.82. The van der Waals surface area contributed by atoms with Gasteiger partial charge in [-0.3, -0.25) is 9.59 Å². The van der Waals surface area contributed by atoms with Crippen LogP contribution in [0.4, 0.5) is 0 Å². The van der Waals surface area contributed by atoms with E-state index in [1.54, 1.807) is 6.07 Å². The molecule has 142 valence electrons. The van der Waals surface area contributed by atoms with Crippen molar-refractivity contribution >= 4 is 16.8 Å². The Morgan fingerprint density at radius 2 is 1.78 bits per heavy atom. The number of para-hydroxylation sites is 1. The lowest BCUT2D eigenvalue weighted by atomic mass is 9.81. The number of fused-ring (bicyclic) bond motifs is 1. The van der Waals surface area contributed by atoms with Gasteiger partial charge in [-0.2, -0.15) is 0 Å². The molecule has 2 aromatic rings. The van der Waals surface area contributed by atoms with Crippen LogP contribution in [0, 0.1) is 5.92 Å². The third-order valence-corrected chi connectivity index (χ3v) is 5.95. The van der Waals surface area contributed by atoms with Gasteiger partial charge in [-0.15, -0.1) is 0 Å². The van der Waals surface area contributed by atoms with E-state index >= 15 is 0 Å². The summed E-state index contributed by atoms with van der Waals surface area (Å²) >= 11 is 0. The molecule has 1 fully saturated rings. The standard InChI is InChI=1S/C22H27N3O2/c26-21(23-15-9-3-1-2-4-10-15)17-12-6-5-11-16(17)20-24-19-14-8-7-13-18(19)22(27)25-20/h5-8,13-17H,1-4,9-12H2,(H,23,26)(H,24,25,27)/t16-,17+/m1/s1. The lowest BCUT2D eigenvalue weighted by Crippen LogP contribution is -2.41. The van der Waals surface area contributed by atoms with Crippen LogP contribution in [0.5, 0.6) is 0 Å². The molecule has 0 unspecified atom stereocenters. The molecule has 0 saturated heterocycles. The Balaban J connectivity index is 1.58. The van der Waals surface area contributed by atoms with E-state index in [1.165, 1.54) is 25.7 Å². The molecule has 2 aliphatic carbocycles. The Morgan fingerprint density at radius 3 is 2.59 bits per heavy atom. The highest BCUT2D eigenvalue weighted by Crippen LogP contribution is 2.33. The molecular weight excluding hydrogens is 338 g/mol. The molecule has 5 heteroatoms. The summed E-state index contributed by atoms with van der Waals surface area (Å²) in [4.78, 5) is 33.1. The first-order valence-corrected chi connectivity index (χ1v) is 10.2. The van der Waals surface area contributed by atoms with Gasteiger partial charge in [0.25, 0.3) is 5.56 Å². The SMILES string of the molecule is O=C(NC1CCCCCC1)[C@H]1CC=CC[C@H]1c1nc2ccccc2c(=O)[nH]1. The quantitative estimate of drug-likeness (QED) is 0.641. The van der Waals surface area contributed by atoms with Crippen molar-refractivity contribution in [2.75, 3.05) is 0 Å². The highest BCUT2D eigenvalue weighted by molar-refractivity contribution is 5.81. The predicted octanol–water partition coefficient (Wildman–Crippen LogP) is 3.81. The summed E-state index contributed by atoms with van der Waals surface area (Å²) in [6.07, 6.45) is 12.7. The first-order valence-electron chi connectivity index (χ1n) is 10.2. The lowest BCUT2D eigenvalue weighted by molar-refractivity contribution is -0.126. The largest absolute Gasteiger partial charge is 0.353 e. The Hall–Kier alpha value is -2.43. The number of benzene rings is 1. The number of aromatic nitrogens is 2. The number of amides is 1. The molecule has 2 aliphatic rings. The van der Waals surface area contributed by atoms with E-state index in [0.717, 1.165) is 19.3 Å². The molecule has 0 spiro atoms. The van der Waals surface area contributed by atoms with Crippen molar-refractivity contribution in [3.63, 3.8) is 0 Å². The Kier molecular flexibility index (Phi) is 5.37. The van der Waals surface area contributed by atoms with Crippen LogP contribution in [0.15, 0.2) is 41.2 Å². The number of rotatable bonds is 3. The van der Waals surface area contributed by atoms with Crippen LogP contribution in [0.25, 0.3) is 10.9 Å². The number of nitrogens with zero attached hydrogens (tertiary/aromatic N) is 1. The molecule has 1 aromatic heterocycles. The van der Waals surface area contributed by atoms with Crippen molar-refractivity contribution in [1.82, 2.24) is 15.3 Å². The molecule has 1 aromatic carbocycles. The molecule has 2 N–H and O–H groups in total. The third kappa shape index (κ3) is 3.97. The minimum Gasteiger partial charge on any atom is -0.353 e. The van der Waals surface area contributed by atoms with Gasteiger partial charge in [0.1, 0.15) is 5.82 Å². The molecule has 27 heavy (non-hydrogen) atoms. The van der Waals surface area contributed by atoms with Crippen LogP contribution >= 0.6 is 0 Å². The first-order chi connectivity index (χ1) is 13.2. The Labute approximate surface area is 159 Å². The number of carbonyl (C=O) groups is 1. The van der Waals surface area contributed by atoms with Crippen molar-refractivity contribution in [2.24, 2.45) is 5.92 Å². The maximum atomic E-state index is 13.0. The number of allylic oxidation sites excluding steroid dienone is 2. The molecule has 2 atom stereocenters. The van der Waals surface area contributed by atoms with Crippen molar-refractivity contribution < 1.29 is 4.79 Å². The van der Waals surface area contributed by atoms with Crippen LogP contribution in [-0.2, 0) is 4.79 Å². The zero-order valence-electron chi connectivity index (χ0n) is 15.6. The van der Waals surface area contributed by atoms with Crippen LogP contribution in [0.3, 0.4) is 0 Å². The van der Waals surface area contributed by atoms with Crippen molar-refractivity contribution in [3.05, 3.63) is 52.6 Å². The maximum Gasteiger partial charge on any atom is 0.258 e. The molecule has 0 aliphatic heterocycles.